The molecule has 0 saturated carbocycles. The topological polar surface area (TPSA) is 39.1 Å². The number of alkyl halides is 2. The lowest BCUT2D eigenvalue weighted by atomic mass is 10.3. The number of nitrogens with zero attached hydrogens (tertiary/aromatic N) is 1. The number of halogens is 2. The van der Waals surface area contributed by atoms with Crippen molar-refractivity contribution in [3.8, 4) is 0 Å². The van der Waals surface area contributed by atoms with E-state index in [2.05, 4.69) is 0 Å². The van der Waals surface area contributed by atoms with Crippen LogP contribution in [0.2, 0.25) is 0 Å². The van der Waals surface area contributed by atoms with E-state index in [0.717, 1.165) is 16.8 Å². The molecule has 0 aromatic carbocycles. The first-order valence-corrected chi connectivity index (χ1v) is 3.57. The zero-order valence-corrected chi connectivity index (χ0v) is 6.61. The summed E-state index contributed by atoms with van der Waals surface area (Å²) in [4.78, 5) is 21.2. The third kappa shape index (κ3) is 2.47. The summed E-state index contributed by atoms with van der Waals surface area (Å²) in [5.41, 5.74) is -0.328. The van der Waals surface area contributed by atoms with E-state index in [-0.39, 0.29) is 5.56 Å². The third-order valence-corrected chi connectivity index (χ3v) is 1.48. The van der Waals surface area contributed by atoms with Gasteiger partial charge in [-0.05, 0) is 6.07 Å². The normalized spacial score (nSPS) is 10.4. The standard InChI is InChI=1S/C8H7F2NO2/c9-7(10)4-11-3-6(5-12)1-2-8(11)13/h1-3,5,7H,4H2. The van der Waals surface area contributed by atoms with Gasteiger partial charge in [-0.25, -0.2) is 8.78 Å². The molecule has 1 heterocycles. The molecule has 0 aliphatic carbocycles. The lowest BCUT2D eigenvalue weighted by molar-refractivity contribution is 0.111. The van der Waals surface area contributed by atoms with Crippen LogP contribution < -0.4 is 5.56 Å². The molecule has 0 unspecified atom stereocenters. The van der Waals surface area contributed by atoms with E-state index in [4.69, 9.17) is 0 Å². The van der Waals surface area contributed by atoms with Crippen LogP contribution in [0.3, 0.4) is 0 Å². The molecule has 0 saturated heterocycles. The summed E-state index contributed by atoms with van der Waals surface area (Å²) >= 11 is 0. The number of hydrogen-bond donors (Lipinski definition) is 0. The number of aromatic nitrogens is 1. The Morgan fingerprint density at radius 2 is 2.15 bits per heavy atom. The van der Waals surface area contributed by atoms with Crippen molar-refractivity contribution < 1.29 is 13.6 Å². The van der Waals surface area contributed by atoms with Gasteiger partial charge >= 0.3 is 0 Å². The largest absolute Gasteiger partial charge is 0.309 e. The van der Waals surface area contributed by atoms with E-state index >= 15 is 0 Å². The van der Waals surface area contributed by atoms with Crippen molar-refractivity contribution in [3.63, 3.8) is 0 Å². The maximum Gasteiger partial charge on any atom is 0.256 e. The minimum Gasteiger partial charge on any atom is -0.309 e. The number of pyridine rings is 1. The van der Waals surface area contributed by atoms with Gasteiger partial charge in [0.25, 0.3) is 12.0 Å². The molecule has 0 N–H and O–H groups in total. The van der Waals surface area contributed by atoms with Crippen molar-refractivity contribution in [3.05, 3.63) is 34.2 Å². The summed E-state index contributed by atoms with van der Waals surface area (Å²) < 4.78 is 24.6. The summed E-state index contributed by atoms with van der Waals surface area (Å²) in [5.74, 6) is 0. The molecule has 3 nitrogen and oxygen atoms in total. The van der Waals surface area contributed by atoms with Crippen LogP contribution in [0.25, 0.3) is 0 Å². The lowest BCUT2D eigenvalue weighted by Gasteiger charge is -2.03. The van der Waals surface area contributed by atoms with E-state index in [1.165, 1.54) is 6.07 Å². The average molecular weight is 187 g/mol. The molecule has 1 rings (SSSR count). The van der Waals surface area contributed by atoms with Crippen LogP contribution in [0.5, 0.6) is 0 Å². The number of rotatable bonds is 3. The highest BCUT2D eigenvalue weighted by molar-refractivity contribution is 5.73. The van der Waals surface area contributed by atoms with Crippen LogP contribution in [-0.2, 0) is 6.54 Å². The van der Waals surface area contributed by atoms with Crippen LogP contribution in [0.1, 0.15) is 10.4 Å². The first-order chi connectivity index (χ1) is 6.13. The Morgan fingerprint density at radius 1 is 1.46 bits per heavy atom. The van der Waals surface area contributed by atoms with E-state index in [0.29, 0.717) is 6.29 Å². The van der Waals surface area contributed by atoms with Gasteiger partial charge in [-0.1, -0.05) is 0 Å². The van der Waals surface area contributed by atoms with Gasteiger partial charge in [-0.2, -0.15) is 0 Å². The minimum absolute atomic E-state index is 0.209. The molecule has 0 fully saturated rings. The monoisotopic (exact) mass is 187 g/mol. The molecule has 0 amide bonds. The van der Waals surface area contributed by atoms with Crippen molar-refractivity contribution in [1.82, 2.24) is 4.57 Å². The van der Waals surface area contributed by atoms with Crippen LogP contribution in [-0.4, -0.2) is 17.3 Å². The van der Waals surface area contributed by atoms with Gasteiger partial charge in [0.1, 0.15) is 0 Å². The van der Waals surface area contributed by atoms with Crippen LogP contribution in [0.15, 0.2) is 23.1 Å². The summed E-state index contributed by atoms with van der Waals surface area (Å²) in [6.45, 7) is -0.680. The molecule has 13 heavy (non-hydrogen) atoms. The van der Waals surface area contributed by atoms with Crippen molar-refractivity contribution in [2.24, 2.45) is 0 Å². The zero-order chi connectivity index (χ0) is 9.84. The van der Waals surface area contributed by atoms with E-state index in [1.54, 1.807) is 0 Å². The summed E-state index contributed by atoms with van der Waals surface area (Å²) in [7, 11) is 0. The van der Waals surface area contributed by atoms with E-state index < -0.39 is 18.5 Å². The Balaban J connectivity index is 3.04. The second-order valence-electron chi connectivity index (χ2n) is 2.46. The second kappa shape index (κ2) is 3.93. The maximum atomic E-state index is 11.9. The number of carbonyl (C=O) groups excluding carboxylic acids is 1. The van der Waals surface area contributed by atoms with Crippen molar-refractivity contribution in [2.75, 3.05) is 0 Å². The molecule has 0 bridgehead atoms. The Labute approximate surface area is 72.6 Å². The fourth-order valence-corrected chi connectivity index (χ4v) is 0.911. The van der Waals surface area contributed by atoms with E-state index in [1.807, 2.05) is 0 Å². The van der Waals surface area contributed by atoms with Gasteiger partial charge in [0.2, 0.25) is 0 Å². The van der Waals surface area contributed by atoms with Gasteiger partial charge in [0.05, 0.1) is 6.54 Å². The molecule has 0 spiro atoms. The second-order valence-corrected chi connectivity index (χ2v) is 2.46. The Hall–Kier alpha value is -1.52. The van der Waals surface area contributed by atoms with Crippen LogP contribution in [0, 0.1) is 0 Å². The quantitative estimate of drug-likeness (QED) is 0.660. The van der Waals surface area contributed by atoms with Gasteiger partial charge in [0, 0.05) is 17.8 Å². The fourth-order valence-electron chi connectivity index (χ4n) is 0.911. The fraction of sp³-hybridized carbons (Fsp3) is 0.250. The van der Waals surface area contributed by atoms with Gasteiger partial charge < -0.3 is 4.57 Å². The van der Waals surface area contributed by atoms with Crippen molar-refractivity contribution in [2.45, 2.75) is 13.0 Å². The summed E-state index contributed by atoms with van der Waals surface area (Å²) in [5, 5.41) is 0. The van der Waals surface area contributed by atoms with Crippen LogP contribution >= 0.6 is 0 Å². The van der Waals surface area contributed by atoms with E-state index in [9.17, 15) is 18.4 Å². The first-order valence-electron chi connectivity index (χ1n) is 3.57. The highest BCUT2D eigenvalue weighted by Crippen LogP contribution is 1.97. The summed E-state index contributed by atoms with van der Waals surface area (Å²) in [6, 6.07) is 2.38. The Bertz CT molecular complexity index is 359. The molecule has 5 heteroatoms. The number of aldehydes is 1. The van der Waals surface area contributed by atoms with Gasteiger partial charge in [-0.15, -0.1) is 0 Å². The molecule has 0 aliphatic rings. The summed E-state index contributed by atoms with van der Waals surface area (Å²) in [6.07, 6.45) is -0.984. The Morgan fingerprint density at radius 3 is 2.69 bits per heavy atom. The molecule has 0 atom stereocenters. The van der Waals surface area contributed by atoms with Crippen LogP contribution in [0.4, 0.5) is 8.78 Å². The molecule has 1 aromatic heterocycles. The molecule has 70 valence electrons. The maximum absolute atomic E-state index is 11.9. The van der Waals surface area contributed by atoms with Gasteiger partial charge in [-0.3, -0.25) is 9.59 Å². The number of hydrogen-bond acceptors (Lipinski definition) is 2. The SMILES string of the molecule is O=Cc1ccc(=O)n(CC(F)F)c1. The molecule has 1 aromatic rings. The molecule has 0 radical (unpaired) electrons. The molecular formula is C8H7F2NO2. The predicted molar refractivity (Wildman–Crippen MR) is 42.1 cm³/mol. The molecular weight excluding hydrogens is 180 g/mol. The Kier molecular flexibility index (Phi) is 2.89. The third-order valence-electron chi connectivity index (χ3n) is 1.48. The zero-order valence-electron chi connectivity index (χ0n) is 6.61. The molecule has 0 aliphatic heterocycles. The average Bonchev–Trinajstić information content (AvgIpc) is 2.08. The smallest absolute Gasteiger partial charge is 0.256 e. The van der Waals surface area contributed by atoms with Crippen molar-refractivity contribution in [1.29, 1.82) is 0 Å². The van der Waals surface area contributed by atoms with Crippen molar-refractivity contribution >= 4 is 6.29 Å². The minimum atomic E-state index is -2.60. The highest BCUT2D eigenvalue weighted by atomic mass is 19.3. The first kappa shape index (κ1) is 9.57. The predicted octanol–water partition coefficient (Wildman–Crippen LogP) is 0.926. The van der Waals surface area contributed by atoms with Gasteiger partial charge in [0.15, 0.2) is 6.29 Å². The highest BCUT2D eigenvalue weighted by Gasteiger charge is 2.05. The lowest BCUT2D eigenvalue weighted by Crippen LogP contribution is -2.22. The number of carbonyl (C=O) groups is 1.